The lowest BCUT2D eigenvalue weighted by molar-refractivity contribution is -0.124. The van der Waals surface area contributed by atoms with Crippen molar-refractivity contribution in [1.29, 1.82) is 0 Å². The quantitative estimate of drug-likeness (QED) is 0.400. The molecule has 2 fully saturated rings. The van der Waals surface area contributed by atoms with Gasteiger partial charge in [0.1, 0.15) is 0 Å². The number of ether oxygens (including phenoxy) is 1. The van der Waals surface area contributed by atoms with Crippen molar-refractivity contribution < 1.29 is 23.4 Å². The molecule has 0 saturated carbocycles. The fourth-order valence-electron chi connectivity index (χ4n) is 4.41. The Morgan fingerprint density at radius 3 is 2.81 bits per heavy atom. The molecule has 4 N–H and O–H groups in total. The number of amides is 1. The van der Waals surface area contributed by atoms with Crippen LogP contribution in [-0.2, 0) is 4.79 Å². The highest BCUT2D eigenvalue weighted by Gasteiger charge is 2.33. The number of hydrogen-bond acceptors (Lipinski definition) is 8. The number of aliphatic hydroxyl groups excluding tert-OH is 1. The van der Waals surface area contributed by atoms with Crippen molar-refractivity contribution in [2.75, 3.05) is 29.9 Å². The molecule has 9 nitrogen and oxygen atoms in total. The predicted molar refractivity (Wildman–Crippen MR) is 133 cm³/mol. The van der Waals surface area contributed by atoms with Crippen LogP contribution in [0.3, 0.4) is 0 Å². The molecule has 0 aliphatic carbocycles. The van der Waals surface area contributed by atoms with E-state index in [0.717, 1.165) is 19.4 Å². The Labute approximate surface area is 217 Å². The molecule has 1 aromatic heterocycles. The summed E-state index contributed by atoms with van der Waals surface area (Å²) in [6.07, 6.45) is 2.50. The van der Waals surface area contributed by atoms with Gasteiger partial charge >= 0.3 is 6.61 Å². The lowest BCUT2D eigenvalue weighted by Gasteiger charge is -2.36. The molecular formula is C23H28Cl2F2N6O3. The summed E-state index contributed by atoms with van der Waals surface area (Å²) in [5, 5.41) is 20.7. The maximum Gasteiger partial charge on any atom is 0.387 e. The van der Waals surface area contributed by atoms with Crippen molar-refractivity contribution in [1.82, 2.24) is 20.6 Å². The average Bonchev–Trinajstić information content (AvgIpc) is 3.36. The normalized spacial score (nSPS) is 23.0. The zero-order valence-corrected chi connectivity index (χ0v) is 21.1. The van der Waals surface area contributed by atoms with Gasteiger partial charge in [0.25, 0.3) is 0 Å². The highest BCUT2D eigenvalue weighted by molar-refractivity contribution is 6.35. The molecule has 2 aliphatic heterocycles. The fraction of sp³-hybridized carbons (Fsp3) is 0.522. The molecule has 1 amide bonds. The first-order valence-corrected chi connectivity index (χ1v) is 12.5. The van der Waals surface area contributed by atoms with E-state index in [1.165, 1.54) is 6.20 Å². The summed E-state index contributed by atoms with van der Waals surface area (Å²) in [5.74, 6) is -0.0561. The van der Waals surface area contributed by atoms with Gasteiger partial charge < -0.3 is 30.7 Å². The largest absolute Gasteiger partial charge is 0.429 e. The van der Waals surface area contributed by atoms with E-state index in [4.69, 9.17) is 23.2 Å². The minimum absolute atomic E-state index is 0.0519. The summed E-state index contributed by atoms with van der Waals surface area (Å²) in [5.41, 5.74) is 0.688. The van der Waals surface area contributed by atoms with Crippen LogP contribution in [0, 0.1) is 0 Å². The van der Waals surface area contributed by atoms with Crippen LogP contribution in [0.15, 0.2) is 24.4 Å². The van der Waals surface area contributed by atoms with E-state index in [1.54, 1.807) is 30.0 Å². The van der Waals surface area contributed by atoms with Crippen molar-refractivity contribution in [3.8, 4) is 5.75 Å². The van der Waals surface area contributed by atoms with E-state index < -0.39 is 24.8 Å². The lowest BCUT2D eigenvalue weighted by atomic mass is 10.0. The zero-order chi connectivity index (χ0) is 25.8. The number of aliphatic hydroxyl groups is 1. The van der Waals surface area contributed by atoms with Crippen molar-refractivity contribution in [2.24, 2.45) is 0 Å². The molecule has 0 radical (unpaired) electrons. The summed E-state index contributed by atoms with van der Waals surface area (Å²) in [6, 6.07) is 3.94. The molecule has 13 heteroatoms. The van der Waals surface area contributed by atoms with Crippen LogP contribution in [0.2, 0.25) is 10.0 Å². The molecule has 36 heavy (non-hydrogen) atoms. The smallest absolute Gasteiger partial charge is 0.387 e. The first kappa shape index (κ1) is 26.6. The number of nitrogens with zero attached hydrogens (tertiary/aromatic N) is 3. The van der Waals surface area contributed by atoms with E-state index in [-0.39, 0.29) is 36.0 Å². The second kappa shape index (κ2) is 11.7. The standard InChI is InChI=1S/C23H28Cl2F2N6O3/c1-12(14-5-4-13(24)9-15(14)25)30-20-19(36-22(26)27)10-29-23(32-20)33-8-6-16(18(34)11-33)31-21(35)17-3-2-7-28-17/h4-5,9-10,12,16-18,22,28,34H,2-3,6-8,11H2,1H3,(H,31,35)(H,29,30,32)/t12-,16-,17-,18-/m1/s1. The van der Waals surface area contributed by atoms with Crippen LogP contribution in [0.4, 0.5) is 20.5 Å². The molecule has 0 bridgehead atoms. The van der Waals surface area contributed by atoms with Crippen LogP contribution in [-0.4, -0.2) is 65.4 Å². The number of hydrogen-bond donors (Lipinski definition) is 4. The molecule has 2 aromatic rings. The minimum Gasteiger partial charge on any atom is -0.429 e. The van der Waals surface area contributed by atoms with Crippen molar-refractivity contribution >= 4 is 40.9 Å². The summed E-state index contributed by atoms with van der Waals surface area (Å²) >= 11 is 12.3. The highest BCUT2D eigenvalue weighted by atomic mass is 35.5. The van der Waals surface area contributed by atoms with Crippen LogP contribution in [0.1, 0.15) is 37.8 Å². The zero-order valence-electron chi connectivity index (χ0n) is 19.6. The molecular weight excluding hydrogens is 517 g/mol. The van der Waals surface area contributed by atoms with E-state index in [1.807, 2.05) is 0 Å². The molecule has 4 atom stereocenters. The number of β-amino-alcohol motifs (C(OH)–C–C–N with tert-alkyl or cyclic N) is 1. The number of carbonyl (C=O) groups excluding carboxylic acids is 1. The molecule has 3 heterocycles. The van der Waals surface area contributed by atoms with Gasteiger partial charge in [-0.3, -0.25) is 4.79 Å². The molecule has 0 spiro atoms. The number of rotatable bonds is 8. The SMILES string of the molecule is C[C@@H](Nc1nc(N2CC[C@@H](NC(=O)[C@H]3CCCN3)[C@H](O)C2)ncc1OC(F)F)c1ccc(Cl)cc1Cl. The summed E-state index contributed by atoms with van der Waals surface area (Å²) in [7, 11) is 0. The molecule has 1 aromatic carbocycles. The van der Waals surface area contributed by atoms with Gasteiger partial charge in [0, 0.05) is 23.1 Å². The third-order valence-corrected chi connectivity index (χ3v) is 6.87. The maximum absolute atomic E-state index is 13.0. The van der Waals surface area contributed by atoms with Crippen molar-refractivity contribution in [3.63, 3.8) is 0 Å². The monoisotopic (exact) mass is 544 g/mol. The van der Waals surface area contributed by atoms with Crippen LogP contribution in [0.5, 0.6) is 5.75 Å². The van der Waals surface area contributed by atoms with Crippen molar-refractivity contribution in [2.45, 2.75) is 57.0 Å². The Kier molecular flexibility index (Phi) is 8.66. The highest BCUT2D eigenvalue weighted by Crippen LogP contribution is 2.32. The molecule has 4 rings (SSSR count). The number of anilines is 2. The van der Waals surface area contributed by atoms with Crippen LogP contribution in [0.25, 0.3) is 0 Å². The molecule has 196 valence electrons. The van der Waals surface area contributed by atoms with E-state index >= 15 is 0 Å². The Morgan fingerprint density at radius 2 is 2.14 bits per heavy atom. The van der Waals surface area contributed by atoms with Gasteiger partial charge in [0.05, 0.1) is 30.4 Å². The predicted octanol–water partition coefficient (Wildman–Crippen LogP) is 3.37. The third kappa shape index (κ3) is 6.44. The number of carbonyl (C=O) groups is 1. The van der Waals surface area contributed by atoms with Gasteiger partial charge in [-0.15, -0.1) is 0 Å². The molecule has 0 unspecified atom stereocenters. The number of halogens is 4. The summed E-state index contributed by atoms with van der Waals surface area (Å²) < 4.78 is 30.6. The van der Waals surface area contributed by atoms with Gasteiger partial charge in [-0.25, -0.2) is 4.98 Å². The second-order valence-electron chi connectivity index (χ2n) is 8.86. The van der Waals surface area contributed by atoms with Gasteiger partial charge in [-0.05, 0) is 50.4 Å². The Morgan fingerprint density at radius 1 is 1.33 bits per heavy atom. The number of alkyl halides is 2. The first-order valence-electron chi connectivity index (χ1n) is 11.7. The maximum atomic E-state index is 13.0. The summed E-state index contributed by atoms with van der Waals surface area (Å²) in [6.45, 7) is 0.148. The van der Waals surface area contributed by atoms with E-state index in [2.05, 4.69) is 30.7 Å². The summed E-state index contributed by atoms with van der Waals surface area (Å²) in [4.78, 5) is 22.7. The number of piperidine rings is 1. The molecule has 2 aliphatic rings. The van der Waals surface area contributed by atoms with Gasteiger partial charge in [0.15, 0.2) is 11.6 Å². The molecule has 2 saturated heterocycles. The number of nitrogens with one attached hydrogen (secondary N) is 3. The van der Waals surface area contributed by atoms with Crippen LogP contribution >= 0.6 is 23.2 Å². The van der Waals surface area contributed by atoms with E-state index in [9.17, 15) is 18.7 Å². The van der Waals surface area contributed by atoms with Gasteiger partial charge in [-0.1, -0.05) is 29.3 Å². The Hall–Kier alpha value is -2.47. The number of aromatic nitrogens is 2. The minimum atomic E-state index is -3.06. The van der Waals surface area contributed by atoms with Gasteiger partial charge in [0.2, 0.25) is 11.9 Å². The Bertz CT molecular complexity index is 1080. The van der Waals surface area contributed by atoms with E-state index in [0.29, 0.717) is 28.6 Å². The second-order valence-corrected chi connectivity index (χ2v) is 9.70. The lowest BCUT2D eigenvalue weighted by Crippen LogP contribution is -2.56. The van der Waals surface area contributed by atoms with Crippen molar-refractivity contribution in [3.05, 3.63) is 40.0 Å². The van der Waals surface area contributed by atoms with Crippen LogP contribution < -0.4 is 25.6 Å². The Balaban J connectivity index is 1.47. The average molecular weight is 545 g/mol. The fourth-order valence-corrected chi connectivity index (χ4v) is 4.98. The van der Waals surface area contributed by atoms with Gasteiger partial charge in [-0.2, -0.15) is 13.8 Å². The third-order valence-electron chi connectivity index (χ3n) is 6.31. The first-order chi connectivity index (χ1) is 17.2. The topological polar surface area (TPSA) is 112 Å². The number of benzene rings is 1.